The van der Waals surface area contributed by atoms with Crippen LogP contribution < -0.4 is 11.1 Å². The van der Waals surface area contributed by atoms with Crippen LogP contribution in [0.1, 0.15) is 11.1 Å². The van der Waals surface area contributed by atoms with E-state index in [0.717, 1.165) is 28.1 Å². The Morgan fingerprint density at radius 3 is 2.53 bits per heavy atom. The zero-order valence-corrected chi connectivity index (χ0v) is 17.4. The molecule has 0 radical (unpaired) electrons. The number of nitrogens with two attached hydrogens (primary N) is 1. The molecule has 0 saturated carbocycles. The minimum Gasteiger partial charge on any atom is -0.368 e. The number of rotatable bonds is 6. The summed E-state index contributed by atoms with van der Waals surface area (Å²) in [4.78, 5) is 16.6. The molecule has 0 aliphatic carbocycles. The van der Waals surface area contributed by atoms with Crippen LogP contribution in [0.3, 0.4) is 0 Å². The third-order valence-corrected chi connectivity index (χ3v) is 5.16. The number of nitrogens with one attached hydrogen (secondary N) is 2. The third kappa shape index (κ3) is 4.52. The van der Waals surface area contributed by atoms with Gasteiger partial charge in [-0.05, 0) is 38.1 Å². The number of anilines is 2. The summed E-state index contributed by atoms with van der Waals surface area (Å²) < 4.78 is 1.74. The fourth-order valence-corrected chi connectivity index (χ4v) is 3.74. The topological polar surface area (TPSA) is 115 Å². The molecule has 4 aromatic rings. The Morgan fingerprint density at radius 2 is 1.87 bits per heavy atom. The van der Waals surface area contributed by atoms with E-state index in [0.29, 0.717) is 11.0 Å². The molecule has 4 rings (SSSR count). The molecule has 30 heavy (non-hydrogen) atoms. The standard InChI is InChI=1S/C21H21N7OS/c1-13-8-14(2)10-15(9-13)17-11-18(28(27-17)16-6-4-3-5-7-16)23-19(29)12-30-21-24-20(22)25-26-21/h3-11H,12H2,1-2H3,(H,23,29)(H3,22,24,25,26). The molecule has 0 fully saturated rings. The van der Waals surface area contributed by atoms with Crippen molar-refractivity contribution in [3.8, 4) is 16.9 Å². The Hall–Kier alpha value is -3.59. The van der Waals surface area contributed by atoms with Gasteiger partial charge in [0, 0.05) is 11.6 Å². The highest BCUT2D eigenvalue weighted by atomic mass is 32.2. The lowest BCUT2D eigenvalue weighted by atomic mass is 10.1. The summed E-state index contributed by atoms with van der Waals surface area (Å²) in [6.07, 6.45) is 0. The molecule has 0 saturated heterocycles. The highest BCUT2D eigenvalue weighted by Crippen LogP contribution is 2.27. The summed E-state index contributed by atoms with van der Waals surface area (Å²) in [5.41, 5.74) is 10.5. The molecule has 0 bridgehead atoms. The van der Waals surface area contributed by atoms with Gasteiger partial charge in [0.2, 0.25) is 17.0 Å². The van der Waals surface area contributed by atoms with Crippen LogP contribution in [0.2, 0.25) is 0 Å². The number of benzene rings is 2. The first-order valence-corrected chi connectivity index (χ1v) is 10.3. The Kier molecular flexibility index (Phi) is 5.53. The predicted molar refractivity (Wildman–Crippen MR) is 119 cm³/mol. The number of para-hydroxylation sites is 1. The van der Waals surface area contributed by atoms with Crippen molar-refractivity contribution < 1.29 is 4.79 Å². The Balaban J connectivity index is 1.61. The van der Waals surface area contributed by atoms with Gasteiger partial charge in [-0.3, -0.25) is 4.79 Å². The lowest BCUT2D eigenvalue weighted by Gasteiger charge is -2.08. The number of aromatic amines is 1. The molecule has 8 nitrogen and oxygen atoms in total. The van der Waals surface area contributed by atoms with E-state index >= 15 is 0 Å². The number of carbonyl (C=O) groups excluding carboxylic acids is 1. The van der Waals surface area contributed by atoms with Gasteiger partial charge in [-0.25, -0.2) is 9.78 Å². The maximum Gasteiger partial charge on any atom is 0.236 e. The summed E-state index contributed by atoms with van der Waals surface area (Å²) in [6.45, 7) is 4.11. The average molecular weight is 420 g/mol. The molecule has 9 heteroatoms. The molecule has 0 aliphatic heterocycles. The largest absolute Gasteiger partial charge is 0.368 e. The zero-order chi connectivity index (χ0) is 21.1. The number of carbonyl (C=O) groups is 1. The van der Waals surface area contributed by atoms with Crippen molar-refractivity contribution >= 4 is 29.4 Å². The SMILES string of the molecule is Cc1cc(C)cc(-c2cc(NC(=O)CSc3n[nH]c(N)n3)n(-c3ccccc3)n2)c1. The average Bonchev–Trinajstić information content (AvgIpc) is 3.32. The van der Waals surface area contributed by atoms with Gasteiger partial charge in [-0.1, -0.05) is 47.2 Å². The van der Waals surface area contributed by atoms with E-state index in [-0.39, 0.29) is 17.6 Å². The Labute approximate surface area is 177 Å². The number of nitrogen functional groups attached to an aromatic ring is 1. The Morgan fingerprint density at radius 1 is 1.13 bits per heavy atom. The van der Waals surface area contributed by atoms with Gasteiger partial charge in [0.05, 0.1) is 17.1 Å². The molecule has 0 spiro atoms. The van der Waals surface area contributed by atoms with Crippen molar-refractivity contribution in [2.75, 3.05) is 16.8 Å². The van der Waals surface area contributed by atoms with Gasteiger partial charge in [-0.2, -0.15) is 10.1 Å². The van der Waals surface area contributed by atoms with Gasteiger partial charge < -0.3 is 11.1 Å². The maximum absolute atomic E-state index is 12.6. The third-order valence-electron chi connectivity index (χ3n) is 4.31. The summed E-state index contributed by atoms with van der Waals surface area (Å²) in [5, 5.41) is 14.6. The smallest absolute Gasteiger partial charge is 0.236 e. The van der Waals surface area contributed by atoms with Crippen LogP contribution in [0.25, 0.3) is 16.9 Å². The first kappa shape index (κ1) is 19.7. The van der Waals surface area contributed by atoms with Crippen molar-refractivity contribution in [2.45, 2.75) is 19.0 Å². The molecule has 0 unspecified atom stereocenters. The molecule has 2 aromatic carbocycles. The number of hydrogen-bond donors (Lipinski definition) is 3. The lowest BCUT2D eigenvalue weighted by molar-refractivity contribution is -0.113. The van der Waals surface area contributed by atoms with Crippen LogP contribution in [0, 0.1) is 13.8 Å². The van der Waals surface area contributed by atoms with Gasteiger partial charge >= 0.3 is 0 Å². The van der Waals surface area contributed by atoms with E-state index in [1.807, 2.05) is 36.4 Å². The van der Waals surface area contributed by atoms with E-state index in [2.05, 4.69) is 52.5 Å². The predicted octanol–water partition coefficient (Wildman–Crippen LogP) is 3.59. The highest BCUT2D eigenvalue weighted by Gasteiger charge is 2.15. The van der Waals surface area contributed by atoms with Gasteiger partial charge in [0.1, 0.15) is 5.82 Å². The number of thioether (sulfide) groups is 1. The van der Waals surface area contributed by atoms with E-state index < -0.39 is 0 Å². The second-order valence-electron chi connectivity index (χ2n) is 6.88. The lowest BCUT2D eigenvalue weighted by Crippen LogP contribution is -2.17. The van der Waals surface area contributed by atoms with Crippen molar-refractivity contribution in [1.82, 2.24) is 25.0 Å². The zero-order valence-electron chi connectivity index (χ0n) is 16.6. The summed E-state index contributed by atoms with van der Waals surface area (Å²) in [6, 6.07) is 17.9. The van der Waals surface area contributed by atoms with Crippen LogP contribution in [-0.4, -0.2) is 36.6 Å². The van der Waals surface area contributed by atoms with Crippen molar-refractivity contribution in [1.29, 1.82) is 0 Å². The van der Waals surface area contributed by atoms with Crippen LogP contribution in [0.15, 0.2) is 59.8 Å². The van der Waals surface area contributed by atoms with Crippen LogP contribution in [0.4, 0.5) is 11.8 Å². The second-order valence-corrected chi connectivity index (χ2v) is 7.82. The van der Waals surface area contributed by atoms with Gasteiger partial charge in [0.15, 0.2) is 0 Å². The quantitative estimate of drug-likeness (QED) is 0.412. The fraction of sp³-hybridized carbons (Fsp3) is 0.143. The first-order chi connectivity index (χ1) is 14.5. The van der Waals surface area contributed by atoms with Gasteiger partial charge in [0.25, 0.3) is 0 Å². The number of nitrogens with zero attached hydrogens (tertiary/aromatic N) is 4. The van der Waals surface area contributed by atoms with Gasteiger partial charge in [-0.15, -0.1) is 5.10 Å². The summed E-state index contributed by atoms with van der Waals surface area (Å²) in [7, 11) is 0. The number of aryl methyl sites for hydroxylation is 2. The molecule has 1 amide bonds. The molecular formula is C21H21N7OS. The highest BCUT2D eigenvalue weighted by molar-refractivity contribution is 7.99. The molecule has 4 N–H and O–H groups in total. The minimum atomic E-state index is -0.188. The van der Waals surface area contributed by atoms with E-state index in [4.69, 9.17) is 10.8 Å². The fourth-order valence-electron chi connectivity index (χ4n) is 3.13. The molecule has 0 aliphatic rings. The number of hydrogen-bond acceptors (Lipinski definition) is 6. The van der Waals surface area contributed by atoms with Crippen molar-refractivity contribution in [3.63, 3.8) is 0 Å². The normalized spacial score (nSPS) is 10.9. The van der Waals surface area contributed by atoms with Crippen LogP contribution >= 0.6 is 11.8 Å². The van der Waals surface area contributed by atoms with Crippen molar-refractivity contribution in [2.24, 2.45) is 0 Å². The molecule has 152 valence electrons. The molecule has 0 atom stereocenters. The monoisotopic (exact) mass is 419 g/mol. The first-order valence-electron chi connectivity index (χ1n) is 9.32. The van der Waals surface area contributed by atoms with E-state index in [1.165, 1.54) is 11.8 Å². The summed E-state index contributed by atoms with van der Waals surface area (Å²) in [5.74, 6) is 0.775. The van der Waals surface area contributed by atoms with Crippen LogP contribution in [-0.2, 0) is 4.79 Å². The second kappa shape index (κ2) is 8.42. The number of amides is 1. The summed E-state index contributed by atoms with van der Waals surface area (Å²) >= 11 is 1.20. The molecular weight excluding hydrogens is 398 g/mol. The van der Waals surface area contributed by atoms with E-state index in [1.54, 1.807) is 4.68 Å². The maximum atomic E-state index is 12.6. The van der Waals surface area contributed by atoms with Crippen molar-refractivity contribution in [3.05, 3.63) is 65.7 Å². The number of aromatic nitrogens is 5. The van der Waals surface area contributed by atoms with Crippen LogP contribution in [0.5, 0.6) is 0 Å². The molecule has 2 aromatic heterocycles. The molecule has 2 heterocycles. The van der Waals surface area contributed by atoms with E-state index in [9.17, 15) is 4.79 Å². The number of H-pyrrole nitrogens is 1. The Bertz CT molecular complexity index is 1160. The minimum absolute atomic E-state index is 0.149.